The number of carbonyl (C=O) groups excluding carboxylic acids is 1. The Kier molecular flexibility index (Phi) is 13.2. The first-order valence-corrected chi connectivity index (χ1v) is 13.6. The van der Waals surface area contributed by atoms with Crippen molar-refractivity contribution in [3.8, 4) is 0 Å². The molecular weight excluding hydrogens is 291 g/mol. The normalized spacial score (nSPS) is 11.2. The molecule has 0 N–H and O–H groups in total. The summed E-state index contributed by atoms with van der Waals surface area (Å²) in [5.41, 5.74) is 0. The number of thiol groups is 1. The monoisotopic (exact) mass is 312 g/mol. The Bertz CT molecular complexity index is 126. The number of unbranched alkanes of at least 4 members (excludes halogenated alkanes) is 1. The first kappa shape index (κ1) is 16.1. The van der Waals surface area contributed by atoms with Crippen molar-refractivity contribution in [2.45, 2.75) is 46.3 Å². The number of carboxylic acid groups (broad SMARTS) is 1. The zero-order valence-corrected chi connectivity index (χ0v) is 12.7. The number of aliphatic carboxylic acids is 1. The molecule has 0 fully saturated rings. The summed E-state index contributed by atoms with van der Waals surface area (Å²) in [6.45, 7) is 2.01. The quantitative estimate of drug-likeness (QED) is 0.633. The molecule has 1 unspecified atom stereocenters. The predicted molar refractivity (Wildman–Crippen MR) is 60.7 cm³/mol. The average Bonchev–Trinajstić information content (AvgIpc) is 1.98. The first-order valence-electron chi connectivity index (χ1n) is 4.57. The molecule has 0 radical (unpaired) electrons. The van der Waals surface area contributed by atoms with Gasteiger partial charge in [-0.2, -0.15) is 12.6 Å². The molecule has 0 aliphatic carbocycles. The van der Waals surface area contributed by atoms with Crippen LogP contribution in [-0.4, -0.2) is 31.0 Å². The van der Waals surface area contributed by atoms with Crippen molar-refractivity contribution in [2.24, 2.45) is 0 Å². The van der Waals surface area contributed by atoms with Crippen LogP contribution < -0.4 is 5.11 Å². The Morgan fingerprint density at radius 1 is 1.46 bits per heavy atom. The van der Waals surface area contributed by atoms with E-state index in [2.05, 4.69) is 27.4 Å². The van der Waals surface area contributed by atoms with Crippen molar-refractivity contribution >= 4 is 38.4 Å². The van der Waals surface area contributed by atoms with Crippen molar-refractivity contribution in [2.75, 3.05) is 0 Å². The zero-order chi connectivity index (χ0) is 10.9. The molecule has 0 saturated heterocycles. The first-order chi connectivity index (χ1) is 5.91. The molecule has 13 heavy (non-hydrogen) atoms. The Morgan fingerprint density at radius 2 is 1.85 bits per heavy atom. The van der Waals surface area contributed by atoms with E-state index in [1.807, 2.05) is 6.92 Å². The minimum atomic E-state index is -1.06. The molecule has 0 aliphatic heterocycles. The van der Waals surface area contributed by atoms with Gasteiger partial charge in [0.05, 0.1) is 5.97 Å². The van der Waals surface area contributed by atoms with Crippen LogP contribution in [0.4, 0.5) is 0 Å². The molecule has 4 heteroatoms. The van der Waals surface area contributed by atoms with Crippen LogP contribution >= 0.6 is 12.6 Å². The summed E-state index contributed by atoms with van der Waals surface area (Å²) in [5.74, 6) is -1.06. The van der Waals surface area contributed by atoms with E-state index in [1.165, 1.54) is 0 Å². The van der Waals surface area contributed by atoms with Gasteiger partial charge in [-0.15, -0.1) is 0 Å². The standard InChI is InChI=1S/C6H12O2S.3CH3.Sn/c1-2-3-4-5(9)6(7)8;;;;/h5,9H,2-4H2,1H3,(H,7,8);3*1H3;/q;;;;+1/p-1. The van der Waals surface area contributed by atoms with Gasteiger partial charge in [-0.3, -0.25) is 0 Å². The van der Waals surface area contributed by atoms with Crippen LogP contribution in [0.15, 0.2) is 0 Å². The minimum absolute atomic E-state index is 0.543. The predicted octanol–water partition coefficient (Wildman–Crippen LogP) is 1.60. The van der Waals surface area contributed by atoms with Crippen LogP contribution in [0.5, 0.6) is 0 Å². The number of hydrogen-bond acceptors (Lipinski definition) is 3. The molecule has 0 heterocycles. The fourth-order valence-electron chi connectivity index (χ4n) is 0.515. The molecule has 0 amide bonds. The van der Waals surface area contributed by atoms with Gasteiger partial charge in [0.1, 0.15) is 0 Å². The van der Waals surface area contributed by atoms with Gasteiger partial charge in [-0.05, 0) is 6.42 Å². The molecule has 0 aromatic carbocycles. The van der Waals surface area contributed by atoms with Crippen molar-refractivity contribution < 1.29 is 9.90 Å². The van der Waals surface area contributed by atoms with Gasteiger partial charge in [-0.25, -0.2) is 0 Å². The van der Waals surface area contributed by atoms with Crippen LogP contribution in [0.25, 0.3) is 0 Å². The molecular formula is C9H20O2SSn. The van der Waals surface area contributed by atoms with E-state index in [0.717, 1.165) is 12.8 Å². The van der Waals surface area contributed by atoms with Gasteiger partial charge in [0.2, 0.25) is 0 Å². The van der Waals surface area contributed by atoms with Gasteiger partial charge in [0.25, 0.3) is 0 Å². The Labute approximate surface area is 94.3 Å². The number of carbonyl (C=O) groups is 1. The van der Waals surface area contributed by atoms with Crippen LogP contribution in [0, 0.1) is 0 Å². The van der Waals surface area contributed by atoms with Gasteiger partial charge >= 0.3 is 34.6 Å². The van der Waals surface area contributed by atoms with Gasteiger partial charge in [-0.1, -0.05) is 19.8 Å². The van der Waals surface area contributed by atoms with Crippen LogP contribution in [0.3, 0.4) is 0 Å². The molecule has 0 saturated carbocycles. The third-order valence-corrected chi connectivity index (χ3v) is 1.57. The second kappa shape index (κ2) is 10.7. The summed E-state index contributed by atoms with van der Waals surface area (Å²) in [6, 6.07) is 0. The van der Waals surface area contributed by atoms with Crippen molar-refractivity contribution in [1.29, 1.82) is 0 Å². The number of rotatable bonds is 4. The average molecular weight is 311 g/mol. The fourth-order valence-corrected chi connectivity index (χ4v) is 0.698. The molecule has 0 aliphatic rings. The Morgan fingerprint density at radius 3 is 2.08 bits per heavy atom. The molecule has 1 atom stereocenters. The summed E-state index contributed by atoms with van der Waals surface area (Å²) in [7, 11) is 0. The van der Waals surface area contributed by atoms with E-state index in [9.17, 15) is 9.90 Å². The Balaban J connectivity index is 0. The molecule has 2 nitrogen and oxygen atoms in total. The molecule has 0 spiro atoms. The number of carboxylic acids is 1. The zero-order valence-electron chi connectivity index (χ0n) is 8.96. The van der Waals surface area contributed by atoms with Gasteiger partial charge in [0.15, 0.2) is 0 Å². The third-order valence-electron chi connectivity index (χ3n) is 1.10. The van der Waals surface area contributed by atoms with E-state index in [-0.39, 0.29) is 0 Å². The van der Waals surface area contributed by atoms with E-state index < -0.39 is 31.0 Å². The SMILES string of the molecule is CCCCC(S)C(=O)[O-].[CH3][Sn+]([CH3])[CH3]. The van der Waals surface area contributed by atoms with E-state index in [1.54, 1.807) is 0 Å². The van der Waals surface area contributed by atoms with Gasteiger partial charge < -0.3 is 9.90 Å². The summed E-state index contributed by atoms with van der Waals surface area (Å²) < 4.78 is 0. The molecule has 0 rings (SSSR count). The second-order valence-corrected chi connectivity index (χ2v) is 12.7. The summed E-state index contributed by atoms with van der Waals surface area (Å²) in [4.78, 5) is 17.1. The third kappa shape index (κ3) is 19.2. The van der Waals surface area contributed by atoms with Crippen LogP contribution in [0.1, 0.15) is 26.2 Å². The maximum absolute atomic E-state index is 10.0. The Hall–Kier alpha value is 0.619. The molecule has 0 bridgehead atoms. The van der Waals surface area contributed by atoms with E-state index in [0.29, 0.717) is 6.42 Å². The van der Waals surface area contributed by atoms with Gasteiger partial charge in [0, 0.05) is 5.25 Å². The maximum atomic E-state index is 10.0. The van der Waals surface area contributed by atoms with Crippen LogP contribution in [0.2, 0.25) is 14.8 Å². The molecule has 78 valence electrons. The summed E-state index contributed by atoms with van der Waals surface area (Å²) >= 11 is 3.25. The van der Waals surface area contributed by atoms with Crippen LogP contribution in [-0.2, 0) is 4.79 Å². The van der Waals surface area contributed by atoms with Crippen molar-refractivity contribution in [3.05, 3.63) is 0 Å². The summed E-state index contributed by atoms with van der Waals surface area (Å²) in [5, 5.41) is 9.44. The van der Waals surface area contributed by atoms with Crippen molar-refractivity contribution in [1.82, 2.24) is 0 Å². The molecule has 0 aromatic heterocycles. The fraction of sp³-hybridized carbons (Fsp3) is 0.889. The summed E-state index contributed by atoms with van der Waals surface area (Å²) in [6.07, 6.45) is 2.52. The van der Waals surface area contributed by atoms with Crippen molar-refractivity contribution in [3.63, 3.8) is 0 Å². The van der Waals surface area contributed by atoms with E-state index >= 15 is 0 Å². The second-order valence-electron chi connectivity index (χ2n) is 3.48. The topological polar surface area (TPSA) is 40.1 Å². The molecule has 0 aromatic rings. The van der Waals surface area contributed by atoms with E-state index in [4.69, 9.17) is 0 Å². The number of hydrogen-bond donors (Lipinski definition) is 1.